The summed E-state index contributed by atoms with van der Waals surface area (Å²) in [6.45, 7) is 1.82. The predicted molar refractivity (Wildman–Crippen MR) is 95.4 cm³/mol. The molecule has 0 aliphatic rings. The highest BCUT2D eigenvalue weighted by Gasteiger charge is 2.13. The molecular formula is C20H13FN2O3. The number of halogens is 1. The zero-order chi connectivity index (χ0) is 18.7. The number of nitro benzene ring substituents is 1. The summed E-state index contributed by atoms with van der Waals surface area (Å²) in [5.41, 5.74) is 2.09. The molecule has 2 aromatic carbocycles. The van der Waals surface area contributed by atoms with Crippen LogP contribution in [0, 0.1) is 34.2 Å². The van der Waals surface area contributed by atoms with Crippen molar-refractivity contribution in [1.82, 2.24) is 0 Å². The summed E-state index contributed by atoms with van der Waals surface area (Å²) in [4.78, 5) is 10.5. The van der Waals surface area contributed by atoms with E-state index in [4.69, 9.17) is 4.42 Å². The summed E-state index contributed by atoms with van der Waals surface area (Å²) < 4.78 is 19.1. The van der Waals surface area contributed by atoms with Gasteiger partial charge in [0.1, 0.15) is 17.3 Å². The van der Waals surface area contributed by atoms with E-state index >= 15 is 0 Å². The van der Waals surface area contributed by atoms with Crippen LogP contribution >= 0.6 is 0 Å². The van der Waals surface area contributed by atoms with Crippen LogP contribution in [0.15, 0.2) is 59.0 Å². The van der Waals surface area contributed by atoms with Crippen molar-refractivity contribution in [1.29, 1.82) is 5.26 Å². The number of non-ortho nitro benzene ring substituents is 1. The van der Waals surface area contributed by atoms with E-state index < -0.39 is 10.7 Å². The molecule has 3 aromatic rings. The number of nitrogens with zero attached hydrogens (tertiary/aromatic N) is 2. The first-order chi connectivity index (χ1) is 12.5. The molecule has 26 heavy (non-hydrogen) atoms. The van der Waals surface area contributed by atoms with E-state index in [1.54, 1.807) is 24.3 Å². The number of allylic oxidation sites excluding steroid dienone is 1. The molecule has 6 heteroatoms. The van der Waals surface area contributed by atoms with E-state index in [1.807, 2.05) is 13.0 Å². The van der Waals surface area contributed by atoms with Gasteiger partial charge in [-0.1, -0.05) is 18.2 Å². The molecule has 0 aliphatic heterocycles. The second-order valence-corrected chi connectivity index (χ2v) is 5.64. The van der Waals surface area contributed by atoms with Crippen LogP contribution in [0.1, 0.15) is 16.9 Å². The van der Waals surface area contributed by atoms with Gasteiger partial charge in [-0.05, 0) is 48.4 Å². The highest BCUT2D eigenvalue weighted by atomic mass is 19.1. The Morgan fingerprint density at radius 2 is 2.04 bits per heavy atom. The van der Waals surface area contributed by atoms with Gasteiger partial charge in [-0.25, -0.2) is 4.39 Å². The van der Waals surface area contributed by atoms with Gasteiger partial charge in [-0.2, -0.15) is 5.26 Å². The number of benzene rings is 2. The first kappa shape index (κ1) is 17.1. The molecule has 0 N–H and O–H groups in total. The summed E-state index contributed by atoms with van der Waals surface area (Å²) in [6.07, 6.45) is 1.50. The van der Waals surface area contributed by atoms with Gasteiger partial charge >= 0.3 is 0 Å². The minimum atomic E-state index is -0.468. The lowest BCUT2D eigenvalue weighted by molar-refractivity contribution is -0.384. The third-order valence-electron chi connectivity index (χ3n) is 3.87. The Hall–Kier alpha value is -3.72. The van der Waals surface area contributed by atoms with Crippen molar-refractivity contribution in [3.63, 3.8) is 0 Å². The summed E-state index contributed by atoms with van der Waals surface area (Å²) in [7, 11) is 0. The Morgan fingerprint density at radius 3 is 2.73 bits per heavy atom. The van der Waals surface area contributed by atoms with E-state index in [-0.39, 0.29) is 11.3 Å². The minimum Gasteiger partial charge on any atom is -0.457 e. The minimum absolute atomic E-state index is 0.0310. The quantitative estimate of drug-likeness (QED) is 0.361. The standard InChI is InChI=1S/C20H13FN2O3/c1-13-5-6-17(23(24)25)11-19(13)20-8-7-18(26-20)10-15(12-22)14-3-2-4-16(21)9-14/h2-11H,1H3/b15-10-. The lowest BCUT2D eigenvalue weighted by Gasteiger charge is -2.02. The molecule has 0 bridgehead atoms. The van der Waals surface area contributed by atoms with Gasteiger partial charge in [-0.3, -0.25) is 10.1 Å². The predicted octanol–water partition coefficient (Wildman–Crippen LogP) is 5.37. The second kappa shape index (κ2) is 7.03. The summed E-state index contributed by atoms with van der Waals surface area (Å²) in [6, 6.07) is 15.6. The Bertz CT molecular complexity index is 1060. The maximum atomic E-state index is 13.4. The number of hydrogen-bond donors (Lipinski definition) is 0. The fourth-order valence-electron chi connectivity index (χ4n) is 2.54. The first-order valence-corrected chi connectivity index (χ1v) is 7.71. The van der Waals surface area contributed by atoms with Crippen LogP contribution in [0.25, 0.3) is 23.0 Å². The van der Waals surface area contributed by atoms with E-state index in [2.05, 4.69) is 0 Å². The molecule has 1 heterocycles. The maximum absolute atomic E-state index is 13.4. The van der Waals surface area contributed by atoms with Gasteiger partial charge in [-0.15, -0.1) is 0 Å². The number of rotatable bonds is 4. The SMILES string of the molecule is Cc1ccc([N+](=O)[O-])cc1-c1ccc(/C=C(/C#N)c2cccc(F)c2)o1. The van der Waals surface area contributed by atoms with E-state index in [0.717, 1.165) is 5.56 Å². The van der Waals surface area contributed by atoms with Crippen molar-refractivity contribution in [3.8, 4) is 17.4 Å². The zero-order valence-corrected chi connectivity index (χ0v) is 13.8. The average molecular weight is 348 g/mol. The fourth-order valence-corrected chi connectivity index (χ4v) is 2.54. The summed E-state index contributed by atoms with van der Waals surface area (Å²) in [5.74, 6) is 0.414. The van der Waals surface area contributed by atoms with Crippen LogP contribution < -0.4 is 0 Å². The van der Waals surface area contributed by atoms with E-state index in [9.17, 15) is 19.8 Å². The molecule has 0 fully saturated rings. The van der Waals surface area contributed by atoms with Gasteiger partial charge in [0.05, 0.1) is 16.6 Å². The molecule has 0 saturated heterocycles. The van der Waals surface area contributed by atoms with Crippen LogP contribution in [-0.4, -0.2) is 4.92 Å². The van der Waals surface area contributed by atoms with Crippen LogP contribution in [0.4, 0.5) is 10.1 Å². The van der Waals surface area contributed by atoms with Gasteiger partial charge in [0, 0.05) is 17.7 Å². The van der Waals surface area contributed by atoms with Gasteiger partial charge in [0.15, 0.2) is 0 Å². The van der Waals surface area contributed by atoms with Crippen molar-refractivity contribution < 1.29 is 13.7 Å². The van der Waals surface area contributed by atoms with E-state index in [0.29, 0.717) is 22.6 Å². The first-order valence-electron chi connectivity index (χ1n) is 7.71. The molecule has 3 rings (SSSR count). The second-order valence-electron chi connectivity index (χ2n) is 5.64. The third-order valence-corrected chi connectivity index (χ3v) is 3.87. The van der Waals surface area contributed by atoms with Crippen LogP contribution in [0.2, 0.25) is 0 Å². The summed E-state index contributed by atoms with van der Waals surface area (Å²) >= 11 is 0. The van der Waals surface area contributed by atoms with Crippen LogP contribution in [0.3, 0.4) is 0 Å². The molecule has 0 spiro atoms. The molecular weight excluding hydrogens is 335 g/mol. The van der Waals surface area contributed by atoms with Gasteiger partial charge < -0.3 is 4.42 Å². The van der Waals surface area contributed by atoms with Gasteiger partial charge in [0.2, 0.25) is 0 Å². The molecule has 0 amide bonds. The molecule has 128 valence electrons. The maximum Gasteiger partial charge on any atom is 0.270 e. The Balaban J connectivity index is 1.99. The van der Waals surface area contributed by atoms with Crippen molar-refractivity contribution in [2.45, 2.75) is 6.92 Å². The number of aryl methyl sites for hydroxylation is 1. The third kappa shape index (κ3) is 3.52. The smallest absolute Gasteiger partial charge is 0.270 e. The average Bonchev–Trinajstić information content (AvgIpc) is 3.08. The van der Waals surface area contributed by atoms with Crippen LogP contribution in [0.5, 0.6) is 0 Å². The van der Waals surface area contributed by atoms with Crippen LogP contribution in [-0.2, 0) is 0 Å². The van der Waals surface area contributed by atoms with E-state index in [1.165, 1.54) is 36.4 Å². The molecule has 0 atom stereocenters. The number of hydrogen-bond acceptors (Lipinski definition) is 4. The Labute approximate surface area is 148 Å². The number of nitriles is 1. The fraction of sp³-hybridized carbons (Fsp3) is 0.0500. The number of nitro groups is 1. The lowest BCUT2D eigenvalue weighted by Crippen LogP contribution is -1.89. The Kier molecular flexibility index (Phi) is 4.63. The molecule has 0 saturated carbocycles. The molecule has 0 aliphatic carbocycles. The summed E-state index contributed by atoms with van der Waals surface area (Å²) in [5, 5.41) is 20.3. The van der Waals surface area contributed by atoms with Crippen molar-refractivity contribution in [2.75, 3.05) is 0 Å². The molecule has 0 unspecified atom stereocenters. The Morgan fingerprint density at radius 1 is 1.23 bits per heavy atom. The highest BCUT2D eigenvalue weighted by molar-refractivity contribution is 5.88. The lowest BCUT2D eigenvalue weighted by atomic mass is 10.1. The topological polar surface area (TPSA) is 80.1 Å². The normalized spacial score (nSPS) is 11.2. The largest absolute Gasteiger partial charge is 0.457 e. The zero-order valence-electron chi connectivity index (χ0n) is 13.8. The number of furan rings is 1. The monoisotopic (exact) mass is 348 g/mol. The van der Waals surface area contributed by atoms with Crippen molar-refractivity contribution >= 4 is 17.3 Å². The van der Waals surface area contributed by atoms with Crippen molar-refractivity contribution in [3.05, 3.63) is 87.4 Å². The highest BCUT2D eigenvalue weighted by Crippen LogP contribution is 2.30. The van der Waals surface area contributed by atoms with Gasteiger partial charge in [0.25, 0.3) is 5.69 Å². The molecule has 0 radical (unpaired) electrons. The molecule has 1 aromatic heterocycles. The van der Waals surface area contributed by atoms with Crippen molar-refractivity contribution in [2.24, 2.45) is 0 Å². The molecule has 5 nitrogen and oxygen atoms in total.